The molecule has 2 rings (SSSR count). The van der Waals surface area contributed by atoms with Crippen LogP contribution >= 0.6 is 0 Å². The molecule has 3 nitrogen and oxygen atoms in total. The molecule has 23 heavy (non-hydrogen) atoms. The van der Waals surface area contributed by atoms with Crippen LogP contribution in [0.5, 0.6) is 0 Å². The first kappa shape index (κ1) is 17.2. The van der Waals surface area contributed by atoms with Gasteiger partial charge in [0.05, 0.1) is 13.2 Å². The number of carbonyl (C=O) groups is 1. The summed E-state index contributed by atoms with van der Waals surface area (Å²) in [6, 6.07) is 17.8. The topological polar surface area (TPSA) is 38.3 Å². The van der Waals surface area contributed by atoms with E-state index < -0.39 is 0 Å². The summed E-state index contributed by atoms with van der Waals surface area (Å²) in [6.07, 6.45) is 0. The molecule has 0 spiro atoms. The summed E-state index contributed by atoms with van der Waals surface area (Å²) >= 11 is 0. The van der Waals surface area contributed by atoms with Gasteiger partial charge in [-0.3, -0.25) is 4.79 Å². The second-order valence-electron chi connectivity index (χ2n) is 6.62. The Balaban J connectivity index is 1.72. The van der Waals surface area contributed by atoms with Crippen LogP contribution in [0.2, 0.25) is 0 Å². The third kappa shape index (κ3) is 5.53. The quantitative estimate of drug-likeness (QED) is 0.821. The van der Waals surface area contributed by atoms with Crippen molar-refractivity contribution in [3.05, 3.63) is 71.3 Å². The van der Waals surface area contributed by atoms with E-state index in [1.807, 2.05) is 54.6 Å². The van der Waals surface area contributed by atoms with Gasteiger partial charge in [-0.05, 0) is 28.7 Å². The van der Waals surface area contributed by atoms with Crippen LogP contribution in [-0.4, -0.2) is 19.1 Å². The van der Waals surface area contributed by atoms with Crippen LogP contribution in [0.3, 0.4) is 0 Å². The lowest BCUT2D eigenvalue weighted by Crippen LogP contribution is -2.27. The fourth-order valence-corrected chi connectivity index (χ4v) is 2.22. The molecule has 0 unspecified atom stereocenters. The Morgan fingerprint density at radius 1 is 1.00 bits per heavy atom. The molecule has 3 heteroatoms. The Kier molecular flexibility index (Phi) is 5.94. The van der Waals surface area contributed by atoms with Gasteiger partial charge in [0.2, 0.25) is 0 Å². The Hall–Kier alpha value is -2.13. The van der Waals surface area contributed by atoms with E-state index in [4.69, 9.17) is 4.74 Å². The summed E-state index contributed by atoms with van der Waals surface area (Å²) < 4.78 is 5.56. The lowest BCUT2D eigenvalue weighted by Gasteiger charge is -2.19. The molecule has 1 N–H and O–H groups in total. The maximum atomic E-state index is 12.1. The second-order valence-corrected chi connectivity index (χ2v) is 6.62. The minimum atomic E-state index is -0.0613. The van der Waals surface area contributed by atoms with Crippen molar-refractivity contribution in [2.24, 2.45) is 0 Å². The number of ether oxygens (including phenoxy) is 1. The summed E-state index contributed by atoms with van der Waals surface area (Å²) in [5, 5.41) is 2.88. The van der Waals surface area contributed by atoms with Crippen LogP contribution in [0.15, 0.2) is 54.6 Å². The van der Waals surface area contributed by atoms with Gasteiger partial charge in [-0.15, -0.1) is 0 Å². The van der Waals surface area contributed by atoms with Crippen molar-refractivity contribution in [2.75, 3.05) is 13.2 Å². The van der Waals surface area contributed by atoms with Gasteiger partial charge < -0.3 is 10.1 Å². The first-order valence-electron chi connectivity index (χ1n) is 7.97. The summed E-state index contributed by atoms with van der Waals surface area (Å²) in [5.74, 6) is -0.0613. The first-order valence-corrected chi connectivity index (χ1v) is 7.97. The van der Waals surface area contributed by atoms with Crippen molar-refractivity contribution in [3.8, 4) is 0 Å². The Morgan fingerprint density at radius 3 is 2.26 bits per heavy atom. The second kappa shape index (κ2) is 7.93. The molecule has 0 aromatic heterocycles. The van der Waals surface area contributed by atoms with E-state index in [1.165, 1.54) is 5.56 Å². The van der Waals surface area contributed by atoms with Gasteiger partial charge in [-0.1, -0.05) is 63.2 Å². The zero-order valence-corrected chi connectivity index (χ0v) is 14.1. The van der Waals surface area contributed by atoms with Crippen molar-refractivity contribution in [1.29, 1.82) is 0 Å². The minimum Gasteiger partial charge on any atom is -0.375 e. The summed E-state index contributed by atoms with van der Waals surface area (Å²) in [7, 11) is 0. The van der Waals surface area contributed by atoms with E-state index in [9.17, 15) is 4.79 Å². The standard InChI is InChI=1S/C20H25NO2/c1-20(2,3)18-11-9-17(10-12-18)19(22)21-13-14-23-15-16-7-5-4-6-8-16/h4-12H,13-15H2,1-3H3,(H,21,22). The van der Waals surface area contributed by atoms with Gasteiger partial charge in [0, 0.05) is 12.1 Å². The van der Waals surface area contributed by atoms with E-state index in [0.717, 1.165) is 5.56 Å². The molecule has 0 bridgehead atoms. The minimum absolute atomic E-state index is 0.0613. The fraction of sp³-hybridized carbons (Fsp3) is 0.350. The normalized spacial score (nSPS) is 11.3. The molecule has 0 fully saturated rings. The van der Waals surface area contributed by atoms with Gasteiger partial charge in [0.1, 0.15) is 0 Å². The molecule has 2 aromatic carbocycles. The van der Waals surface area contributed by atoms with Gasteiger partial charge in [-0.25, -0.2) is 0 Å². The number of nitrogens with one attached hydrogen (secondary N) is 1. The molecular weight excluding hydrogens is 286 g/mol. The maximum absolute atomic E-state index is 12.1. The van der Waals surface area contributed by atoms with E-state index in [0.29, 0.717) is 25.3 Å². The highest BCUT2D eigenvalue weighted by Crippen LogP contribution is 2.22. The van der Waals surface area contributed by atoms with Crippen molar-refractivity contribution >= 4 is 5.91 Å². The highest BCUT2D eigenvalue weighted by molar-refractivity contribution is 5.94. The van der Waals surface area contributed by atoms with Crippen LogP contribution in [-0.2, 0) is 16.8 Å². The first-order chi connectivity index (χ1) is 11.0. The van der Waals surface area contributed by atoms with E-state index >= 15 is 0 Å². The lowest BCUT2D eigenvalue weighted by molar-refractivity contribution is 0.0901. The van der Waals surface area contributed by atoms with Crippen LogP contribution < -0.4 is 5.32 Å². The summed E-state index contributed by atoms with van der Waals surface area (Å²) in [4.78, 5) is 12.1. The van der Waals surface area contributed by atoms with Gasteiger partial charge in [-0.2, -0.15) is 0 Å². The average Bonchev–Trinajstić information content (AvgIpc) is 2.54. The summed E-state index contributed by atoms with van der Waals surface area (Å²) in [6.45, 7) is 8.05. The molecule has 2 aromatic rings. The molecule has 0 aliphatic heterocycles. The lowest BCUT2D eigenvalue weighted by atomic mass is 9.87. The highest BCUT2D eigenvalue weighted by Gasteiger charge is 2.14. The molecule has 122 valence electrons. The molecule has 0 saturated heterocycles. The zero-order chi connectivity index (χ0) is 16.7. The molecule has 0 aliphatic carbocycles. The predicted molar refractivity (Wildman–Crippen MR) is 93.6 cm³/mol. The Morgan fingerprint density at radius 2 is 1.65 bits per heavy atom. The van der Waals surface area contributed by atoms with Crippen LogP contribution in [0.1, 0.15) is 42.3 Å². The van der Waals surface area contributed by atoms with Crippen molar-refractivity contribution in [2.45, 2.75) is 32.8 Å². The molecule has 0 aliphatic rings. The van der Waals surface area contributed by atoms with Crippen molar-refractivity contribution in [3.63, 3.8) is 0 Å². The van der Waals surface area contributed by atoms with E-state index in [-0.39, 0.29) is 11.3 Å². The number of benzene rings is 2. The number of rotatable bonds is 6. The largest absolute Gasteiger partial charge is 0.375 e. The Labute approximate surface area is 138 Å². The maximum Gasteiger partial charge on any atom is 0.251 e. The van der Waals surface area contributed by atoms with Gasteiger partial charge in [0.25, 0.3) is 5.91 Å². The number of hydrogen-bond donors (Lipinski definition) is 1. The third-order valence-corrected chi connectivity index (χ3v) is 3.66. The molecule has 0 radical (unpaired) electrons. The molecule has 0 atom stereocenters. The molecule has 1 amide bonds. The fourth-order valence-electron chi connectivity index (χ4n) is 2.22. The molecule has 0 heterocycles. The van der Waals surface area contributed by atoms with E-state index in [1.54, 1.807) is 0 Å². The number of carbonyl (C=O) groups excluding carboxylic acids is 1. The van der Waals surface area contributed by atoms with Gasteiger partial charge in [0.15, 0.2) is 0 Å². The van der Waals surface area contributed by atoms with Crippen LogP contribution in [0, 0.1) is 0 Å². The van der Waals surface area contributed by atoms with Crippen LogP contribution in [0.4, 0.5) is 0 Å². The summed E-state index contributed by atoms with van der Waals surface area (Å²) in [5.41, 5.74) is 3.14. The smallest absolute Gasteiger partial charge is 0.251 e. The highest BCUT2D eigenvalue weighted by atomic mass is 16.5. The monoisotopic (exact) mass is 311 g/mol. The molecule has 0 saturated carbocycles. The van der Waals surface area contributed by atoms with E-state index in [2.05, 4.69) is 26.1 Å². The SMILES string of the molecule is CC(C)(C)c1ccc(C(=O)NCCOCc2ccccc2)cc1. The van der Waals surface area contributed by atoms with Crippen molar-refractivity contribution < 1.29 is 9.53 Å². The average molecular weight is 311 g/mol. The van der Waals surface area contributed by atoms with Gasteiger partial charge >= 0.3 is 0 Å². The predicted octanol–water partition coefficient (Wildman–Crippen LogP) is 3.93. The zero-order valence-electron chi connectivity index (χ0n) is 14.1. The number of hydrogen-bond acceptors (Lipinski definition) is 2. The third-order valence-electron chi connectivity index (χ3n) is 3.66. The number of amides is 1. The van der Waals surface area contributed by atoms with Crippen molar-refractivity contribution in [1.82, 2.24) is 5.32 Å². The Bertz CT molecular complexity index is 612. The van der Waals surface area contributed by atoms with Crippen LogP contribution in [0.25, 0.3) is 0 Å². The molecular formula is C20H25NO2.